The van der Waals surface area contributed by atoms with Crippen molar-refractivity contribution in [3.63, 3.8) is 0 Å². The third-order valence-electron chi connectivity index (χ3n) is 4.73. The molecule has 0 radical (unpaired) electrons. The molecule has 3 aromatic rings. The molecule has 1 atom stereocenters. The van der Waals surface area contributed by atoms with Crippen LogP contribution in [0, 0.1) is 6.92 Å². The van der Waals surface area contributed by atoms with Gasteiger partial charge < -0.3 is 14.6 Å². The molecule has 27 heavy (non-hydrogen) atoms. The monoisotopic (exact) mass is 367 g/mol. The number of carbonyl (C=O) groups excluding carboxylic acids is 1. The fourth-order valence-electron chi connectivity index (χ4n) is 3.35. The second-order valence-corrected chi connectivity index (χ2v) is 6.60. The number of nitrogens with zero attached hydrogens (tertiary/aromatic N) is 4. The Bertz CT molecular complexity index is 962. The molecule has 1 amide bonds. The maximum absolute atomic E-state index is 12.6. The molecular weight excluding hydrogens is 346 g/mol. The van der Waals surface area contributed by atoms with Crippen LogP contribution in [0.2, 0.25) is 0 Å². The number of hydrogen-bond acceptors (Lipinski definition) is 6. The zero-order valence-electron chi connectivity index (χ0n) is 15.3. The molecule has 4 rings (SSSR count). The first-order chi connectivity index (χ1) is 13.1. The molecule has 1 unspecified atom stereocenters. The molecule has 8 nitrogen and oxygen atoms in total. The van der Waals surface area contributed by atoms with Gasteiger partial charge in [0.15, 0.2) is 0 Å². The van der Waals surface area contributed by atoms with E-state index in [1.165, 1.54) is 5.56 Å². The SMILES string of the molecule is COCCn1cc(C(=O)NC2CCc3cc(-c4noc(C)n4)ccc32)cn1. The fourth-order valence-corrected chi connectivity index (χ4v) is 3.35. The number of rotatable bonds is 6. The highest BCUT2D eigenvalue weighted by atomic mass is 16.5. The smallest absolute Gasteiger partial charge is 0.254 e. The van der Waals surface area contributed by atoms with Gasteiger partial charge in [0, 0.05) is 25.8 Å². The van der Waals surface area contributed by atoms with Crippen molar-refractivity contribution in [2.45, 2.75) is 32.4 Å². The summed E-state index contributed by atoms with van der Waals surface area (Å²) in [5, 5.41) is 11.3. The lowest BCUT2D eigenvalue weighted by atomic mass is 10.0. The average Bonchev–Trinajstić information content (AvgIpc) is 3.40. The lowest BCUT2D eigenvalue weighted by Gasteiger charge is -2.13. The van der Waals surface area contributed by atoms with Crippen LogP contribution in [0.25, 0.3) is 11.4 Å². The van der Waals surface area contributed by atoms with Gasteiger partial charge in [-0.25, -0.2) is 0 Å². The van der Waals surface area contributed by atoms with Gasteiger partial charge in [-0.05, 0) is 30.0 Å². The quantitative estimate of drug-likeness (QED) is 0.718. The highest BCUT2D eigenvalue weighted by Gasteiger charge is 2.25. The molecule has 140 valence electrons. The minimum absolute atomic E-state index is 0.00382. The number of nitrogens with one attached hydrogen (secondary N) is 1. The van der Waals surface area contributed by atoms with Crippen molar-refractivity contribution in [2.75, 3.05) is 13.7 Å². The minimum atomic E-state index is -0.116. The number of methoxy groups -OCH3 is 1. The molecule has 2 heterocycles. The van der Waals surface area contributed by atoms with Crippen LogP contribution in [0.5, 0.6) is 0 Å². The fraction of sp³-hybridized carbons (Fsp3) is 0.368. The molecule has 1 aliphatic rings. The Hall–Kier alpha value is -3.00. The highest BCUT2D eigenvalue weighted by molar-refractivity contribution is 5.94. The normalized spacial score (nSPS) is 15.7. The van der Waals surface area contributed by atoms with E-state index in [9.17, 15) is 4.79 Å². The summed E-state index contributed by atoms with van der Waals surface area (Å²) in [6.45, 7) is 2.95. The van der Waals surface area contributed by atoms with Gasteiger partial charge in [0.1, 0.15) is 0 Å². The van der Waals surface area contributed by atoms with Gasteiger partial charge in [0.25, 0.3) is 5.91 Å². The van der Waals surface area contributed by atoms with Crippen molar-refractivity contribution >= 4 is 5.91 Å². The van der Waals surface area contributed by atoms with Crippen LogP contribution in [-0.4, -0.2) is 39.5 Å². The number of aryl methyl sites for hydroxylation is 2. The summed E-state index contributed by atoms with van der Waals surface area (Å²) in [5.74, 6) is 1.02. The van der Waals surface area contributed by atoms with Gasteiger partial charge >= 0.3 is 0 Å². The zero-order valence-corrected chi connectivity index (χ0v) is 15.3. The van der Waals surface area contributed by atoms with Gasteiger partial charge in [-0.1, -0.05) is 17.3 Å². The van der Waals surface area contributed by atoms with Crippen molar-refractivity contribution in [1.82, 2.24) is 25.2 Å². The topological polar surface area (TPSA) is 95.1 Å². The molecular formula is C19H21N5O3. The predicted octanol–water partition coefficient (Wildman–Crippen LogP) is 2.31. The molecule has 1 N–H and O–H groups in total. The van der Waals surface area contributed by atoms with Crippen LogP contribution in [0.4, 0.5) is 0 Å². The summed E-state index contributed by atoms with van der Waals surface area (Å²) in [5.41, 5.74) is 3.82. The largest absolute Gasteiger partial charge is 0.383 e. The van der Waals surface area contributed by atoms with Crippen LogP contribution < -0.4 is 5.32 Å². The number of carbonyl (C=O) groups is 1. The summed E-state index contributed by atoms with van der Waals surface area (Å²) in [7, 11) is 1.64. The van der Waals surface area contributed by atoms with E-state index in [0.29, 0.717) is 30.4 Å². The Morgan fingerprint density at radius 2 is 2.33 bits per heavy atom. The van der Waals surface area contributed by atoms with E-state index in [1.807, 2.05) is 12.1 Å². The zero-order chi connectivity index (χ0) is 18.8. The Kier molecular flexibility index (Phi) is 4.72. The van der Waals surface area contributed by atoms with Crippen molar-refractivity contribution < 1.29 is 14.1 Å². The Morgan fingerprint density at radius 3 is 3.11 bits per heavy atom. The number of aromatic nitrogens is 4. The van der Waals surface area contributed by atoms with Crippen LogP contribution >= 0.6 is 0 Å². The third kappa shape index (κ3) is 3.61. The van der Waals surface area contributed by atoms with Gasteiger partial charge in [-0.15, -0.1) is 0 Å². The summed E-state index contributed by atoms with van der Waals surface area (Å²) in [6.07, 6.45) is 5.10. The van der Waals surface area contributed by atoms with Gasteiger partial charge in [-0.3, -0.25) is 9.48 Å². The van der Waals surface area contributed by atoms with Gasteiger partial charge in [0.2, 0.25) is 11.7 Å². The molecule has 0 aliphatic heterocycles. The van der Waals surface area contributed by atoms with E-state index in [2.05, 4.69) is 26.6 Å². The maximum atomic E-state index is 12.6. The van der Waals surface area contributed by atoms with Crippen LogP contribution in [-0.2, 0) is 17.7 Å². The van der Waals surface area contributed by atoms with Crippen molar-refractivity contribution in [3.05, 3.63) is 53.2 Å². The molecule has 2 aromatic heterocycles. The summed E-state index contributed by atoms with van der Waals surface area (Å²) >= 11 is 0. The average molecular weight is 367 g/mol. The predicted molar refractivity (Wildman–Crippen MR) is 97.1 cm³/mol. The first kappa shape index (κ1) is 17.4. The Morgan fingerprint density at radius 1 is 1.44 bits per heavy atom. The molecule has 0 saturated carbocycles. The molecule has 0 spiro atoms. The van der Waals surface area contributed by atoms with Crippen LogP contribution in [0.1, 0.15) is 39.8 Å². The number of benzene rings is 1. The second kappa shape index (κ2) is 7.32. The van der Waals surface area contributed by atoms with Crippen LogP contribution in [0.15, 0.2) is 35.1 Å². The third-order valence-corrected chi connectivity index (χ3v) is 4.73. The lowest BCUT2D eigenvalue weighted by Crippen LogP contribution is -2.26. The standard InChI is InChI=1S/C19H21N5O3/c1-12-21-18(23-27-12)14-3-5-16-13(9-14)4-6-17(16)22-19(25)15-10-20-24(11-15)7-8-26-2/h3,5,9-11,17H,4,6-8H2,1-2H3,(H,22,25). The molecule has 0 saturated heterocycles. The van der Waals surface area contributed by atoms with Crippen LogP contribution in [0.3, 0.4) is 0 Å². The van der Waals surface area contributed by atoms with Crippen molar-refractivity contribution in [2.24, 2.45) is 0 Å². The Labute approximate surface area is 156 Å². The van der Waals surface area contributed by atoms with E-state index >= 15 is 0 Å². The van der Waals surface area contributed by atoms with E-state index in [1.54, 1.807) is 31.1 Å². The summed E-state index contributed by atoms with van der Waals surface area (Å²) in [4.78, 5) is 16.8. The second-order valence-electron chi connectivity index (χ2n) is 6.60. The highest BCUT2D eigenvalue weighted by Crippen LogP contribution is 2.33. The van der Waals surface area contributed by atoms with E-state index < -0.39 is 0 Å². The Balaban J connectivity index is 1.46. The molecule has 1 aliphatic carbocycles. The van der Waals surface area contributed by atoms with E-state index in [4.69, 9.17) is 9.26 Å². The van der Waals surface area contributed by atoms with Crippen molar-refractivity contribution in [3.8, 4) is 11.4 Å². The first-order valence-electron chi connectivity index (χ1n) is 8.90. The number of ether oxygens (including phenoxy) is 1. The molecule has 0 bridgehead atoms. The number of hydrogen-bond donors (Lipinski definition) is 1. The number of fused-ring (bicyclic) bond motifs is 1. The van der Waals surface area contributed by atoms with Gasteiger partial charge in [-0.2, -0.15) is 10.1 Å². The summed E-state index contributed by atoms with van der Waals surface area (Å²) < 4.78 is 11.8. The van der Waals surface area contributed by atoms with Crippen molar-refractivity contribution in [1.29, 1.82) is 0 Å². The maximum Gasteiger partial charge on any atom is 0.254 e. The lowest BCUT2D eigenvalue weighted by molar-refractivity contribution is 0.0936. The molecule has 0 fully saturated rings. The molecule has 8 heteroatoms. The first-order valence-corrected chi connectivity index (χ1v) is 8.90. The van der Waals surface area contributed by atoms with Gasteiger partial charge in [0.05, 0.1) is 31.0 Å². The van der Waals surface area contributed by atoms with E-state index in [-0.39, 0.29) is 11.9 Å². The molecule has 1 aromatic carbocycles. The minimum Gasteiger partial charge on any atom is -0.383 e. The van der Waals surface area contributed by atoms with E-state index in [0.717, 1.165) is 24.0 Å². The number of amides is 1. The summed E-state index contributed by atoms with van der Waals surface area (Å²) in [6, 6.07) is 6.08.